The lowest BCUT2D eigenvalue weighted by atomic mass is 9.98. The van der Waals surface area contributed by atoms with Gasteiger partial charge in [0.15, 0.2) is 6.61 Å². The lowest BCUT2D eigenvalue weighted by Gasteiger charge is -2.22. The molecule has 6 heteroatoms. The molecule has 0 N–H and O–H groups in total. The Hall–Kier alpha value is -3.93. The molecule has 162 valence electrons. The second kappa shape index (κ2) is 9.47. The van der Waals surface area contributed by atoms with Gasteiger partial charge in [0, 0.05) is 6.42 Å². The molecule has 3 aromatic rings. The Labute approximate surface area is 187 Å². The third-order valence-corrected chi connectivity index (χ3v) is 5.35. The molecule has 0 fully saturated rings. The van der Waals surface area contributed by atoms with Crippen LogP contribution in [0.1, 0.15) is 39.5 Å². The van der Waals surface area contributed by atoms with Crippen LogP contribution in [0.5, 0.6) is 5.75 Å². The van der Waals surface area contributed by atoms with Crippen molar-refractivity contribution in [2.45, 2.75) is 19.4 Å². The van der Waals surface area contributed by atoms with Gasteiger partial charge in [-0.05, 0) is 42.3 Å². The fourth-order valence-corrected chi connectivity index (χ4v) is 3.68. The lowest BCUT2D eigenvalue weighted by Crippen LogP contribution is -2.31. The Balaban J connectivity index is 1.54. The zero-order valence-electron chi connectivity index (χ0n) is 18.0. The minimum absolute atomic E-state index is 0.290. The topological polar surface area (TPSA) is 68.2 Å². The maximum absolute atomic E-state index is 13.0. The highest BCUT2D eigenvalue weighted by molar-refractivity contribution is 6.03. The number of hydrogen-bond donors (Lipinski definition) is 0. The summed E-state index contributed by atoms with van der Waals surface area (Å²) in [7, 11) is 1.61. The molecule has 1 unspecified atom stereocenters. The Morgan fingerprint density at radius 1 is 1.00 bits per heavy atom. The van der Waals surface area contributed by atoms with Gasteiger partial charge in [0.2, 0.25) is 0 Å². The van der Waals surface area contributed by atoms with Gasteiger partial charge in [-0.3, -0.25) is 4.79 Å². The van der Waals surface area contributed by atoms with E-state index < -0.39 is 5.97 Å². The number of aryl methyl sites for hydroxylation is 1. The van der Waals surface area contributed by atoms with E-state index >= 15 is 0 Å². The summed E-state index contributed by atoms with van der Waals surface area (Å²) in [6.07, 6.45) is 0.563. The maximum Gasteiger partial charge on any atom is 0.338 e. The highest BCUT2D eigenvalue weighted by atomic mass is 16.5. The van der Waals surface area contributed by atoms with Crippen LogP contribution in [0.25, 0.3) is 0 Å². The smallest absolute Gasteiger partial charge is 0.338 e. The molecule has 0 saturated heterocycles. The minimum atomic E-state index is -0.533. The van der Waals surface area contributed by atoms with Crippen LogP contribution < -0.4 is 4.74 Å². The van der Waals surface area contributed by atoms with E-state index in [1.165, 1.54) is 5.01 Å². The number of carbonyl (C=O) groups excluding carboxylic acids is 2. The Morgan fingerprint density at radius 2 is 1.75 bits per heavy atom. The Bertz CT molecular complexity index is 1140. The van der Waals surface area contributed by atoms with E-state index in [1.54, 1.807) is 25.3 Å². The molecule has 0 aliphatic carbocycles. The maximum atomic E-state index is 13.0. The number of esters is 1. The first-order valence-corrected chi connectivity index (χ1v) is 10.4. The monoisotopic (exact) mass is 428 g/mol. The van der Waals surface area contributed by atoms with E-state index in [9.17, 15) is 9.59 Å². The lowest BCUT2D eigenvalue weighted by molar-refractivity contribution is -0.136. The third-order valence-electron chi connectivity index (χ3n) is 5.35. The first-order valence-electron chi connectivity index (χ1n) is 10.4. The number of methoxy groups -OCH3 is 1. The summed E-state index contributed by atoms with van der Waals surface area (Å²) in [5.74, 6) is -0.173. The van der Waals surface area contributed by atoms with E-state index in [0.29, 0.717) is 12.0 Å². The summed E-state index contributed by atoms with van der Waals surface area (Å²) in [5, 5.41) is 6.03. The predicted molar refractivity (Wildman–Crippen MR) is 122 cm³/mol. The molecule has 0 saturated carbocycles. The fraction of sp³-hybridized carbons (Fsp3) is 0.192. The molecule has 1 atom stereocenters. The van der Waals surface area contributed by atoms with Crippen molar-refractivity contribution in [3.63, 3.8) is 0 Å². The van der Waals surface area contributed by atoms with Gasteiger partial charge in [-0.25, -0.2) is 9.80 Å². The van der Waals surface area contributed by atoms with Crippen molar-refractivity contribution < 1.29 is 19.1 Å². The third kappa shape index (κ3) is 4.70. The molecule has 0 bridgehead atoms. The average Bonchev–Trinajstić information content (AvgIpc) is 3.28. The quantitative estimate of drug-likeness (QED) is 0.541. The van der Waals surface area contributed by atoms with Crippen molar-refractivity contribution >= 4 is 17.6 Å². The normalized spacial score (nSPS) is 15.2. The van der Waals surface area contributed by atoms with Gasteiger partial charge < -0.3 is 9.47 Å². The summed E-state index contributed by atoms with van der Waals surface area (Å²) in [5.41, 5.74) is 4.06. The Kier molecular flexibility index (Phi) is 6.31. The highest BCUT2D eigenvalue weighted by Gasteiger charge is 2.33. The molecular formula is C26H24N2O4. The number of hydrogen-bond acceptors (Lipinski definition) is 5. The van der Waals surface area contributed by atoms with Crippen molar-refractivity contribution in [3.05, 3.63) is 101 Å². The van der Waals surface area contributed by atoms with E-state index in [1.807, 2.05) is 67.6 Å². The van der Waals surface area contributed by atoms with E-state index in [4.69, 9.17) is 9.47 Å². The molecule has 32 heavy (non-hydrogen) atoms. The number of benzene rings is 3. The van der Waals surface area contributed by atoms with E-state index in [0.717, 1.165) is 28.2 Å². The number of nitrogens with zero attached hydrogens (tertiary/aromatic N) is 2. The van der Waals surface area contributed by atoms with Gasteiger partial charge in [-0.2, -0.15) is 5.10 Å². The number of hydrazone groups is 1. The molecule has 0 aromatic heterocycles. The summed E-state index contributed by atoms with van der Waals surface area (Å²) >= 11 is 0. The first kappa shape index (κ1) is 21.3. The van der Waals surface area contributed by atoms with E-state index in [2.05, 4.69) is 5.10 Å². The van der Waals surface area contributed by atoms with Gasteiger partial charge in [0.25, 0.3) is 5.91 Å². The van der Waals surface area contributed by atoms with Crippen molar-refractivity contribution in [2.75, 3.05) is 13.7 Å². The molecule has 1 aliphatic heterocycles. The van der Waals surface area contributed by atoms with Crippen LogP contribution >= 0.6 is 0 Å². The van der Waals surface area contributed by atoms with Crippen LogP contribution in [-0.4, -0.2) is 36.3 Å². The van der Waals surface area contributed by atoms with Crippen molar-refractivity contribution in [1.29, 1.82) is 0 Å². The number of ether oxygens (including phenoxy) is 2. The van der Waals surface area contributed by atoms with Crippen molar-refractivity contribution in [3.8, 4) is 5.75 Å². The van der Waals surface area contributed by atoms with Crippen molar-refractivity contribution in [2.24, 2.45) is 5.10 Å². The summed E-state index contributed by atoms with van der Waals surface area (Å²) in [6, 6.07) is 24.1. The first-order chi connectivity index (χ1) is 15.5. The van der Waals surface area contributed by atoms with Crippen LogP contribution in [-0.2, 0) is 9.53 Å². The predicted octanol–water partition coefficient (Wildman–Crippen LogP) is 4.54. The van der Waals surface area contributed by atoms with Gasteiger partial charge >= 0.3 is 5.97 Å². The number of amides is 1. The molecule has 0 radical (unpaired) electrons. The standard InChI is InChI=1S/C26H24N2O4/c1-18-7-6-10-21(15-18)26(30)32-17-25(29)28-24(20-11-13-22(31-2)14-12-20)16-23(27-28)19-8-4-3-5-9-19/h3-15,24H,16-17H2,1-2H3. The average molecular weight is 428 g/mol. The second-order valence-corrected chi connectivity index (χ2v) is 7.59. The molecule has 3 aromatic carbocycles. The van der Waals surface area contributed by atoms with Crippen molar-refractivity contribution in [1.82, 2.24) is 5.01 Å². The molecule has 1 aliphatic rings. The second-order valence-electron chi connectivity index (χ2n) is 7.59. The summed E-state index contributed by atoms with van der Waals surface area (Å²) in [4.78, 5) is 25.4. The number of rotatable bonds is 6. The number of carbonyl (C=O) groups is 2. The highest BCUT2D eigenvalue weighted by Crippen LogP contribution is 2.33. The fourth-order valence-electron chi connectivity index (χ4n) is 3.68. The van der Waals surface area contributed by atoms with Crippen LogP contribution in [0.3, 0.4) is 0 Å². The van der Waals surface area contributed by atoms with Crippen LogP contribution in [0.2, 0.25) is 0 Å². The van der Waals surface area contributed by atoms with Crippen LogP contribution in [0.15, 0.2) is 84.0 Å². The molecular weight excluding hydrogens is 404 g/mol. The van der Waals surface area contributed by atoms with Gasteiger partial charge in [-0.15, -0.1) is 0 Å². The minimum Gasteiger partial charge on any atom is -0.497 e. The zero-order valence-corrected chi connectivity index (χ0v) is 18.0. The molecule has 6 nitrogen and oxygen atoms in total. The van der Waals surface area contributed by atoms with Gasteiger partial charge in [0.05, 0.1) is 24.4 Å². The van der Waals surface area contributed by atoms with Gasteiger partial charge in [0.1, 0.15) is 5.75 Å². The molecule has 1 amide bonds. The largest absolute Gasteiger partial charge is 0.497 e. The summed E-state index contributed by atoms with van der Waals surface area (Å²) in [6.45, 7) is 1.51. The molecule has 4 rings (SSSR count). The zero-order chi connectivity index (χ0) is 22.5. The summed E-state index contributed by atoms with van der Waals surface area (Å²) < 4.78 is 10.5. The van der Waals surface area contributed by atoms with E-state index in [-0.39, 0.29) is 18.6 Å². The molecule has 1 heterocycles. The molecule has 0 spiro atoms. The van der Waals surface area contributed by atoms with Crippen LogP contribution in [0, 0.1) is 6.92 Å². The van der Waals surface area contributed by atoms with Crippen LogP contribution in [0.4, 0.5) is 0 Å². The Morgan fingerprint density at radius 3 is 2.44 bits per heavy atom. The van der Waals surface area contributed by atoms with Gasteiger partial charge in [-0.1, -0.05) is 60.2 Å². The SMILES string of the molecule is COc1ccc(C2CC(c3ccccc3)=NN2C(=O)COC(=O)c2cccc(C)c2)cc1.